The van der Waals surface area contributed by atoms with Gasteiger partial charge in [-0.1, -0.05) is 26.0 Å². The number of rotatable bonds is 8. The van der Waals surface area contributed by atoms with Gasteiger partial charge in [0.2, 0.25) is 0 Å². The van der Waals surface area contributed by atoms with Crippen LogP contribution in [0.5, 0.6) is 5.75 Å². The number of halogens is 1. The zero-order valence-electron chi connectivity index (χ0n) is 12.6. The predicted octanol–water partition coefficient (Wildman–Crippen LogP) is 5.19. The van der Waals surface area contributed by atoms with E-state index in [1.54, 1.807) is 11.3 Å². The van der Waals surface area contributed by atoms with E-state index in [0.717, 1.165) is 31.7 Å². The Hall–Kier alpha value is -0.840. The minimum atomic E-state index is 0.315. The molecule has 1 heterocycles. The fourth-order valence-electron chi connectivity index (χ4n) is 2.25. The first kappa shape index (κ1) is 16.5. The normalized spacial score (nSPS) is 12.3. The van der Waals surface area contributed by atoms with Gasteiger partial charge in [0.05, 0.1) is 6.61 Å². The van der Waals surface area contributed by atoms with Gasteiger partial charge in [-0.2, -0.15) is 0 Å². The average Bonchev–Trinajstić information content (AvgIpc) is 2.90. The Labute approximate surface area is 139 Å². The highest BCUT2D eigenvalue weighted by atomic mass is 79.9. The molecule has 0 saturated heterocycles. The average molecular weight is 368 g/mol. The third-order valence-corrected chi connectivity index (χ3v) is 5.21. The Morgan fingerprint density at radius 1 is 1.29 bits per heavy atom. The lowest BCUT2D eigenvalue weighted by atomic mass is 10.0. The van der Waals surface area contributed by atoms with Gasteiger partial charge in [-0.05, 0) is 58.0 Å². The van der Waals surface area contributed by atoms with Crippen LogP contribution in [0, 0.1) is 0 Å². The quantitative estimate of drug-likeness (QED) is 0.692. The summed E-state index contributed by atoms with van der Waals surface area (Å²) >= 11 is 5.42. The van der Waals surface area contributed by atoms with Crippen molar-refractivity contribution in [1.29, 1.82) is 0 Å². The van der Waals surface area contributed by atoms with Crippen molar-refractivity contribution in [2.45, 2.75) is 32.7 Å². The van der Waals surface area contributed by atoms with E-state index in [0.29, 0.717) is 6.04 Å². The molecule has 4 heteroatoms. The van der Waals surface area contributed by atoms with Crippen LogP contribution in [0.15, 0.2) is 40.2 Å². The lowest BCUT2D eigenvalue weighted by molar-refractivity contribution is 0.316. The molecule has 0 saturated carbocycles. The summed E-state index contributed by atoms with van der Waals surface area (Å²) in [7, 11) is 0. The summed E-state index contributed by atoms with van der Waals surface area (Å²) in [6.07, 6.45) is 2.02. The van der Waals surface area contributed by atoms with Crippen LogP contribution in [-0.4, -0.2) is 13.2 Å². The molecule has 1 unspecified atom stereocenters. The summed E-state index contributed by atoms with van der Waals surface area (Å²) in [5.41, 5.74) is 1.28. The zero-order valence-corrected chi connectivity index (χ0v) is 15.0. The maximum absolute atomic E-state index is 5.75. The Balaban J connectivity index is 2.15. The maximum atomic E-state index is 5.75. The van der Waals surface area contributed by atoms with Gasteiger partial charge >= 0.3 is 0 Å². The summed E-state index contributed by atoms with van der Waals surface area (Å²) in [6, 6.07) is 10.9. The van der Waals surface area contributed by atoms with E-state index in [-0.39, 0.29) is 0 Å². The second-order valence-corrected chi connectivity index (χ2v) is 6.78. The highest BCUT2D eigenvalue weighted by Crippen LogP contribution is 2.29. The van der Waals surface area contributed by atoms with Crippen molar-refractivity contribution in [3.8, 4) is 5.75 Å². The van der Waals surface area contributed by atoms with Gasteiger partial charge in [0, 0.05) is 21.8 Å². The first-order valence-electron chi connectivity index (χ1n) is 7.42. The number of likely N-dealkylation sites (N-methyl/N-ethyl adjacent to an activating group) is 1. The molecule has 0 radical (unpaired) electrons. The Kier molecular flexibility index (Phi) is 6.74. The molecular weight excluding hydrogens is 346 g/mol. The van der Waals surface area contributed by atoms with Gasteiger partial charge in [0.15, 0.2) is 0 Å². The third kappa shape index (κ3) is 4.83. The predicted molar refractivity (Wildman–Crippen MR) is 94.4 cm³/mol. The largest absolute Gasteiger partial charge is 0.494 e. The SMILES string of the molecule is CCCOc1cccc(C(Cc2sccc2Br)NCC)c1. The number of thiophene rings is 1. The van der Waals surface area contributed by atoms with Crippen molar-refractivity contribution in [1.82, 2.24) is 5.32 Å². The molecule has 0 spiro atoms. The van der Waals surface area contributed by atoms with Crippen molar-refractivity contribution in [3.05, 3.63) is 50.6 Å². The van der Waals surface area contributed by atoms with Crippen LogP contribution >= 0.6 is 27.3 Å². The fraction of sp³-hybridized carbons (Fsp3) is 0.412. The maximum Gasteiger partial charge on any atom is 0.119 e. The smallest absolute Gasteiger partial charge is 0.119 e. The number of nitrogens with one attached hydrogen (secondary N) is 1. The Morgan fingerprint density at radius 3 is 2.81 bits per heavy atom. The minimum Gasteiger partial charge on any atom is -0.494 e. The highest BCUT2D eigenvalue weighted by Gasteiger charge is 2.14. The molecule has 114 valence electrons. The topological polar surface area (TPSA) is 21.3 Å². The van der Waals surface area contributed by atoms with E-state index in [9.17, 15) is 0 Å². The van der Waals surface area contributed by atoms with Crippen LogP contribution in [-0.2, 0) is 6.42 Å². The second kappa shape index (κ2) is 8.57. The number of hydrogen-bond donors (Lipinski definition) is 1. The number of ether oxygens (including phenoxy) is 1. The monoisotopic (exact) mass is 367 g/mol. The van der Waals surface area contributed by atoms with Gasteiger partial charge in [-0.3, -0.25) is 0 Å². The third-order valence-electron chi connectivity index (χ3n) is 3.26. The van der Waals surface area contributed by atoms with Gasteiger partial charge in [-0.25, -0.2) is 0 Å². The fourth-order valence-corrected chi connectivity index (χ4v) is 3.81. The van der Waals surface area contributed by atoms with Gasteiger partial charge in [0.1, 0.15) is 5.75 Å². The molecule has 1 atom stereocenters. The van der Waals surface area contributed by atoms with E-state index >= 15 is 0 Å². The molecule has 2 rings (SSSR count). The van der Waals surface area contributed by atoms with Gasteiger partial charge in [0.25, 0.3) is 0 Å². The lowest BCUT2D eigenvalue weighted by Crippen LogP contribution is -2.22. The molecule has 21 heavy (non-hydrogen) atoms. The summed E-state index contributed by atoms with van der Waals surface area (Å²) < 4.78 is 6.95. The molecule has 0 fully saturated rings. The van der Waals surface area contributed by atoms with Crippen LogP contribution in [0.2, 0.25) is 0 Å². The second-order valence-electron chi connectivity index (χ2n) is 4.93. The molecule has 1 aromatic heterocycles. The molecular formula is C17H22BrNOS. The van der Waals surface area contributed by atoms with Crippen molar-refractivity contribution < 1.29 is 4.74 Å². The van der Waals surface area contributed by atoms with Crippen LogP contribution < -0.4 is 10.1 Å². The molecule has 0 aliphatic rings. The van der Waals surface area contributed by atoms with E-state index in [2.05, 4.69) is 64.7 Å². The molecule has 0 bridgehead atoms. The Morgan fingerprint density at radius 2 is 2.14 bits per heavy atom. The molecule has 2 aromatic rings. The highest BCUT2D eigenvalue weighted by molar-refractivity contribution is 9.10. The van der Waals surface area contributed by atoms with E-state index in [1.807, 2.05) is 6.07 Å². The van der Waals surface area contributed by atoms with E-state index < -0.39 is 0 Å². The lowest BCUT2D eigenvalue weighted by Gasteiger charge is -2.19. The van der Waals surface area contributed by atoms with Crippen molar-refractivity contribution in [2.75, 3.05) is 13.2 Å². The molecule has 2 nitrogen and oxygen atoms in total. The molecule has 0 aliphatic carbocycles. The zero-order chi connectivity index (χ0) is 15.1. The van der Waals surface area contributed by atoms with Crippen LogP contribution in [0.3, 0.4) is 0 Å². The molecule has 1 N–H and O–H groups in total. The van der Waals surface area contributed by atoms with E-state index in [1.165, 1.54) is 14.9 Å². The Bertz CT molecular complexity index is 555. The minimum absolute atomic E-state index is 0.315. The first-order chi connectivity index (χ1) is 10.2. The first-order valence-corrected chi connectivity index (χ1v) is 9.09. The molecule has 0 aliphatic heterocycles. The van der Waals surface area contributed by atoms with Crippen molar-refractivity contribution >= 4 is 27.3 Å². The van der Waals surface area contributed by atoms with Crippen LogP contribution in [0.4, 0.5) is 0 Å². The van der Waals surface area contributed by atoms with Crippen LogP contribution in [0.25, 0.3) is 0 Å². The van der Waals surface area contributed by atoms with Gasteiger partial charge < -0.3 is 10.1 Å². The summed E-state index contributed by atoms with van der Waals surface area (Å²) in [4.78, 5) is 1.38. The number of benzene rings is 1. The molecule has 1 aromatic carbocycles. The van der Waals surface area contributed by atoms with Crippen molar-refractivity contribution in [3.63, 3.8) is 0 Å². The summed E-state index contributed by atoms with van der Waals surface area (Å²) in [5, 5.41) is 5.71. The van der Waals surface area contributed by atoms with Gasteiger partial charge in [-0.15, -0.1) is 11.3 Å². The van der Waals surface area contributed by atoms with Crippen molar-refractivity contribution in [2.24, 2.45) is 0 Å². The molecule has 0 amide bonds. The number of hydrogen-bond acceptors (Lipinski definition) is 3. The summed E-state index contributed by atoms with van der Waals surface area (Å²) in [5.74, 6) is 0.961. The van der Waals surface area contributed by atoms with E-state index in [4.69, 9.17) is 4.74 Å². The van der Waals surface area contributed by atoms with Crippen LogP contribution in [0.1, 0.15) is 36.8 Å². The standard InChI is InChI=1S/C17H22BrNOS/c1-3-9-20-14-7-5-6-13(11-14)16(19-4-2)12-17-15(18)8-10-21-17/h5-8,10-11,16,19H,3-4,9,12H2,1-2H3. The summed E-state index contributed by atoms with van der Waals surface area (Å²) in [6.45, 7) is 5.99.